The molecule has 0 saturated carbocycles. The van der Waals surface area contributed by atoms with Gasteiger partial charge in [0.2, 0.25) is 0 Å². The third kappa shape index (κ3) is 5.33. The number of carbonyl (C=O) groups excluding carboxylic acids is 1. The molecule has 0 aliphatic carbocycles. The van der Waals surface area contributed by atoms with E-state index in [1.165, 1.54) is 19.3 Å². The standard InChI is InChI=1S/C22H24BrN3O3.ClH/c1-15-5-10-20(28-15)19(26-11-3-2-4-12-26)14-24-22(27)18-13-21(29-25-18)16-6-8-17(23)9-7-16;/h5-10,13,19H,2-4,11-12,14H2,1H3,(H,24,27);1H. The van der Waals surface area contributed by atoms with E-state index in [0.29, 0.717) is 12.3 Å². The highest BCUT2D eigenvalue weighted by Crippen LogP contribution is 2.26. The highest BCUT2D eigenvalue weighted by molar-refractivity contribution is 9.10. The van der Waals surface area contributed by atoms with Crippen LogP contribution in [0.3, 0.4) is 0 Å². The molecule has 4 rings (SSSR count). The van der Waals surface area contributed by atoms with Crippen LogP contribution in [0.1, 0.15) is 47.3 Å². The Morgan fingerprint density at radius 1 is 1.17 bits per heavy atom. The van der Waals surface area contributed by atoms with Crippen LogP contribution in [0.4, 0.5) is 0 Å². The number of aryl methyl sites for hydroxylation is 1. The molecule has 1 unspecified atom stereocenters. The van der Waals surface area contributed by atoms with Crippen LogP contribution < -0.4 is 5.32 Å². The largest absolute Gasteiger partial charge is 0.465 e. The van der Waals surface area contributed by atoms with E-state index >= 15 is 0 Å². The molecule has 3 heterocycles. The van der Waals surface area contributed by atoms with E-state index < -0.39 is 0 Å². The lowest BCUT2D eigenvalue weighted by atomic mass is 10.1. The number of hydrogen-bond donors (Lipinski definition) is 1. The Hall–Kier alpha value is -2.09. The van der Waals surface area contributed by atoms with Gasteiger partial charge in [0, 0.05) is 22.6 Å². The second-order valence-corrected chi connectivity index (χ2v) is 8.27. The molecule has 6 nitrogen and oxygen atoms in total. The van der Waals surface area contributed by atoms with Gasteiger partial charge < -0.3 is 14.3 Å². The Morgan fingerprint density at radius 2 is 1.90 bits per heavy atom. The third-order valence-corrected chi connectivity index (χ3v) is 5.78. The average Bonchev–Trinajstić information content (AvgIpc) is 3.39. The Kier molecular flexibility index (Phi) is 7.75. The number of nitrogens with one attached hydrogen (secondary N) is 1. The summed E-state index contributed by atoms with van der Waals surface area (Å²) in [5.41, 5.74) is 1.15. The van der Waals surface area contributed by atoms with Crippen LogP contribution in [0.25, 0.3) is 11.3 Å². The summed E-state index contributed by atoms with van der Waals surface area (Å²) in [6.45, 7) is 4.43. The predicted octanol–water partition coefficient (Wildman–Crippen LogP) is 5.38. The summed E-state index contributed by atoms with van der Waals surface area (Å²) in [6.07, 6.45) is 3.60. The Balaban J connectivity index is 0.00000256. The van der Waals surface area contributed by atoms with Crippen molar-refractivity contribution in [2.45, 2.75) is 32.2 Å². The van der Waals surface area contributed by atoms with E-state index in [2.05, 4.69) is 31.3 Å². The van der Waals surface area contributed by atoms with E-state index in [1.807, 2.05) is 43.3 Å². The maximum atomic E-state index is 12.7. The molecule has 1 saturated heterocycles. The van der Waals surface area contributed by atoms with E-state index in [4.69, 9.17) is 8.94 Å². The van der Waals surface area contributed by atoms with Crippen molar-refractivity contribution in [3.8, 4) is 11.3 Å². The van der Waals surface area contributed by atoms with Crippen LogP contribution in [0, 0.1) is 6.92 Å². The minimum atomic E-state index is -0.248. The zero-order valence-corrected chi connectivity index (χ0v) is 19.2. The highest BCUT2D eigenvalue weighted by Gasteiger charge is 2.26. The number of likely N-dealkylation sites (tertiary alicyclic amines) is 1. The first-order valence-electron chi connectivity index (χ1n) is 9.91. The van der Waals surface area contributed by atoms with Gasteiger partial charge in [0.25, 0.3) is 5.91 Å². The minimum absolute atomic E-state index is 0. The van der Waals surface area contributed by atoms with Gasteiger partial charge in [-0.05, 0) is 57.1 Å². The predicted molar refractivity (Wildman–Crippen MR) is 121 cm³/mol. The topological polar surface area (TPSA) is 71.5 Å². The molecule has 1 amide bonds. The summed E-state index contributed by atoms with van der Waals surface area (Å²) >= 11 is 3.41. The van der Waals surface area contributed by atoms with Crippen molar-refractivity contribution in [2.24, 2.45) is 0 Å². The van der Waals surface area contributed by atoms with Gasteiger partial charge in [-0.2, -0.15) is 0 Å². The van der Waals surface area contributed by atoms with Crippen molar-refractivity contribution in [3.05, 3.63) is 64.2 Å². The van der Waals surface area contributed by atoms with E-state index in [-0.39, 0.29) is 30.0 Å². The lowest BCUT2D eigenvalue weighted by Crippen LogP contribution is -2.40. The number of nitrogens with zero attached hydrogens (tertiary/aromatic N) is 2. The summed E-state index contributed by atoms with van der Waals surface area (Å²) in [7, 11) is 0. The number of carbonyl (C=O) groups is 1. The molecule has 1 aromatic carbocycles. The molecule has 1 aliphatic heterocycles. The summed E-state index contributed by atoms with van der Waals surface area (Å²) in [5, 5.41) is 6.95. The van der Waals surface area contributed by atoms with Gasteiger partial charge >= 0.3 is 0 Å². The molecule has 8 heteroatoms. The number of hydrogen-bond acceptors (Lipinski definition) is 5. The van der Waals surface area contributed by atoms with Crippen LogP contribution in [0.5, 0.6) is 0 Å². The second kappa shape index (κ2) is 10.3. The second-order valence-electron chi connectivity index (χ2n) is 7.35. The first-order valence-corrected chi connectivity index (χ1v) is 10.7. The molecule has 1 aliphatic rings. The number of halogens is 2. The van der Waals surface area contributed by atoms with Gasteiger partial charge in [0.15, 0.2) is 11.5 Å². The fourth-order valence-corrected chi connectivity index (χ4v) is 3.95. The van der Waals surface area contributed by atoms with Crippen molar-refractivity contribution in [3.63, 3.8) is 0 Å². The molecule has 0 bridgehead atoms. The number of furan rings is 1. The van der Waals surface area contributed by atoms with Crippen LogP contribution >= 0.6 is 28.3 Å². The van der Waals surface area contributed by atoms with Crippen molar-refractivity contribution in [2.75, 3.05) is 19.6 Å². The molecule has 1 N–H and O–H groups in total. The SMILES string of the molecule is Cc1ccc(C(CNC(=O)c2cc(-c3ccc(Br)cc3)on2)N2CCCCC2)o1.Cl. The average molecular weight is 495 g/mol. The molecular weight excluding hydrogens is 470 g/mol. The zero-order valence-electron chi connectivity index (χ0n) is 16.8. The van der Waals surface area contributed by atoms with Crippen molar-refractivity contribution < 1.29 is 13.7 Å². The van der Waals surface area contributed by atoms with Crippen molar-refractivity contribution in [1.29, 1.82) is 0 Å². The van der Waals surface area contributed by atoms with Gasteiger partial charge in [-0.15, -0.1) is 12.4 Å². The monoisotopic (exact) mass is 493 g/mol. The number of piperidine rings is 1. The van der Waals surface area contributed by atoms with Crippen molar-refractivity contribution >= 4 is 34.2 Å². The number of rotatable bonds is 6. The van der Waals surface area contributed by atoms with Crippen molar-refractivity contribution in [1.82, 2.24) is 15.4 Å². The van der Waals surface area contributed by atoms with Crippen LogP contribution in [-0.4, -0.2) is 35.6 Å². The van der Waals surface area contributed by atoms with Gasteiger partial charge in [0.1, 0.15) is 11.5 Å². The molecule has 0 radical (unpaired) electrons. The molecule has 0 spiro atoms. The van der Waals surface area contributed by atoms with Crippen LogP contribution in [0.2, 0.25) is 0 Å². The number of amides is 1. The molecular formula is C22H25BrClN3O3. The van der Waals surface area contributed by atoms with Crippen LogP contribution in [-0.2, 0) is 0 Å². The Labute approximate surface area is 190 Å². The summed E-state index contributed by atoms with van der Waals surface area (Å²) < 4.78 is 12.2. The first-order chi connectivity index (χ1) is 14.1. The molecule has 2 aromatic heterocycles. The first kappa shape index (κ1) is 22.6. The summed E-state index contributed by atoms with van der Waals surface area (Å²) in [6, 6.07) is 13.3. The minimum Gasteiger partial charge on any atom is -0.465 e. The maximum absolute atomic E-state index is 12.7. The summed E-state index contributed by atoms with van der Waals surface area (Å²) in [4.78, 5) is 15.1. The summed E-state index contributed by atoms with van der Waals surface area (Å²) in [5.74, 6) is 2.09. The lowest BCUT2D eigenvalue weighted by Gasteiger charge is -2.33. The Morgan fingerprint density at radius 3 is 2.57 bits per heavy atom. The molecule has 1 fully saturated rings. The molecule has 160 valence electrons. The Bertz CT molecular complexity index is 964. The smallest absolute Gasteiger partial charge is 0.273 e. The fraction of sp³-hybridized carbons (Fsp3) is 0.364. The van der Waals surface area contributed by atoms with E-state index in [1.54, 1.807) is 6.07 Å². The van der Waals surface area contributed by atoms with Gasteiger partial charge in [-0.3, -0.25) is 9.69 Å². The normalized spacial score (nSPS) is 15.4. The van der Waals surface area contributed by atoms with Gasteiger partial charge in [-0.1, -0.05) is 39.6 Å². The van der Waals surface area contributed by atoms with E-state index in [0.717, 1.165) is 34.6 Å². The molecule has 1 atom stereocenters. The highest BCUT2D eigenvalue weighted by atomic mass is 79.9. The molecule has 3 aromatic rings. The molecule has 30 heavy (non-hydrogen) atoms. The fourth-order valence-electron chi connectivity index (χ4n) is 3.68. The number of aromatic nitrogens is 1. The van der Waals surface area contributed by atoms with Crippen LogP contribution in [0.15, 0.2) is 55.9 Å². The maximum Gasteiger partial charge on any atom is 0.273 e. The number of benzene rings is 1. The zero-order chi connectivity index (χ0) is 20.2. The van der Waals surface area contributed by atoms with E-state index in [9.17, 15) is 4.79 Å². The lowest BCUT2D eigenvalue weighted by molar-refractivity contribution is 0.0905. The van der Waals surface area contributed by atoms with Gasteiger partial charge in [-0.25, -0.2) is 0 Å². The quantitative estimate of drug-likeness (QED) is 0.498. The van der Waals surface area contributed by atoms with Gasteiger partial charge in [0.05, 0.1) is 6.04 Å². The third-order valence-electron chi connectivity index (χ3n) is 5.25.